The van der Waals surface area contributed by atoms with Crippen molar-refractivity contribution < 1.29 is 19.1 Å². The quantitative estimate of drug-likeness (QED) is 0.760. The summed E-state index contributed by atoms with van der Waals surface area (Å²) < 4.78 is 10.4. The number of hydrogen-bond acceptors (Lipinski definition) is 6. The van der Waals surface area contributed by atoms with Crippen molar-refractivity contribution >= 4 is 41.6 Å². The van der Waals surface area contributed by atoms with Gasteiger partial charge in [-0.1, -0.05) is 11.6 Å². The minimum Gasteiger partial charge on any atom is -0.467 e. The number of aromatic nitrogens is 1. The molecule has 0 aliphatic heterocycles. The maximum absolute atomic E-state index is 12.3. The number of anilines is 1. The first-order valence-corrected chi connectivity index (χ1v) is 7.40. The number of halogens is 2. The molecule has 0 fully saturated rings. The Morgan fingerprint density at radius 1 is 1.38 bits per heavy atom. The zero-order valence-electron chi connectivity index (χ0n) is 14.3. The first-order chi connectivity index (χ1) is 10.5. The van der Waals surface area contributed by atoms with Gasteiger partial charge in [-0.25, -0.2) is 9.78 Å². The number of ether oxygens (including phenoxy) is 2. The van der Waals surface area contributed by atoms with Gasteiger partial charge in [-0.2, -0.15) is 0 Å². The zero-order chi connectivity index (χ0) is 17.8. The summed E-state index contributed by atoms with van der Waals surface area (Å²) in [5.74, 6) is -1.23. The highest BCUT2D eigenvalue weighted by Crippen LogP contribution is 2.17. The molecule has 9 heteroatoms. The molecule has 0 saturated heterocycles. The van der Waals surface area contributed by atoms with Crippen LogP contribution in [-0.4, -0.2) is 41.7 Å². The van der Waals surface area contributed by atoms with E-state index >= 15 is 0 Å². The van der Waals surface area contributed by atoms with Gasteiger partial charge < -0.3 is 20.5 Å². The van der Waals surface area contributed by atoms with E-state index in [9.17, 15) is 9.59 Å². The van der Waals surface area contributed by atoms with E-state index in [1.807, 2.05) is 20.8 Å². The minimum atomic E-state index is -0.997. The SMILES string of the molecule is COC(=O)[C@@H](NC(=O)c1ncc(Cl)cc1N)C(C)OC(C)(C)C.Cl. The standard InChI is InChI=1S/C15H22ClN3O4.ClH/c1-8(23-15(2,3)4)11(14(21)22-5)19-13(20)12-10(17)6-9(16)7-18-12;/h6-8,11H,17H2,1-5H3,(H,19,20);1H/t8?,11-;/m0./s1. The highest BCUT2D eigenvalue weighted by molar-refractivity contribution is 6.30. The van der Waals surface area contributed by atoms with Gasteiger partial charge in [-0.15, -0.1) is 12.4 Å². The second kappa shape index (κ2) is 9.05. The number of amides is 1. The molecule has 0 radical (unpaired) electrons. The van der Waals surface area contributed by atoms with E-state index in [2.05, 4.69) is 10.3 Å². The number of nitrogens with zero attached hydrogens (tertiary/aromatic N) is 1. The molecular formula is C15H23Cl2N3O4. The zero-order valence-corrected chi connectivity index (χ0v) is 15.8. The third-order valence-corrected chi connectivity index (χ3v) is 3.06. The Kier molecular flexibility index (Phi) is 8.46. The van der Waals surface area contributed by atoms with Crippen LogP contribution in [-0.2, 0) is 14.3 Å². The van der Waals surface area contributed by atoms with Crippen LogP contribution in [0, 0.1) is 0 Å². The molecule has 3 N–H and O–H groups in total. The lowest BCUT2D eigenvalue weighted by atomic mass is 10.1. The summed E-state index contributed by atoms with van der Waals surface area (Å²) in [5.41, 5.74) is 5.33. The molecule has 1 rings (SSSR count). The first-order valence-electron chi connectivity index (χ1n) is 7.02. The van der Waals surface area contributed by atoms with Crippen molar-refractivity contribution in [3.8, 4) is 0 Å². The van der Waals surface area contributed by atoms with Crippen molar-refractivity contribution in [3.63, 3.8) is 0 Å². The number of hydrogen-bond donors (Lipinski definition) is 2. The summed E-state index contributed by atoms with van der Waals surface area (Å²) in [6.45, 7) is 7.21. The highest BCUT2D eigenvalue weighted by atomic mass is 35.5. The number of esters is 1. The van der Waals surface area contributed by atoms with Crippen LogP contribution in [0.1, 0.15) is 38.2 Å². The molecule has 2 atom stereocenters. The van der Waals surface area contributed by atoms with E-state index in [0.29, 0.717) is 5.02 Å². The van der Waals surface area contributed by atoms with Crippen molar-refractivity contribution in [2.24, 2.45) is 0 Å². The molecule has 0 saturated carbocycles. The topological polar surface area (TPSA) is 104 Å². The van der Waals surface area contributed by atoms with Crippen LogP contribution in [0.25, 0.3) is 0 Å². The van der Waals surface area contributed by atoms with E-state index in [1.165, 1.54) is 19.4 Å². The Bertz CT molecular complexity index is 591. The molecule has 24 heavy (non-hydrogen) atoms. The Hall–Kier alpha value is -1.57. The summed E-state index contributed by atoms with van der Waals surface area (Å²) in [6, 6.07) is 0.412. The summed E-state index contributed by atoms with van der Waals surface area (Å²) >= 11 is 5.76. The molecule has 0 aromatic carbocycles. The monoisotopic (exact) mass is 379 g/mol. The fraction of sp³-hybridized carbons (Fsp3) is 0.533. The molecule has 1 heterocycles. The average Bonchev–Trinajstić information content (AvgIpc) is 2.41. The summed E-state index contributed by atoms with van der Waals surface area (Å²) in [6.07, 6.45) is 0.689. The summed E-state index contributed by atoms with van der Waals surface area (Å²) in [7, 11) is 1.24. The van der Waals surface area contributed by atoms with E-state index in [4.69, 9.17) is 26.8 Å². The molecule has 1 aromatic rings. The lowest BCUT2D eigenvalue weighted by molar-refractivity contribution is -0.150. The minimum absolute atomic E-state index is 0. The van der Waals surface area contributed by atoms with Crippen LogP contribution in [0.15, 0.2) is 12.3 Å². The fourth-order valence-electron chi connectivity index (χ4n) is 1.97. The number of carbonyl (C=O) groups excluding carboxylic acids is 2. The molecule has 0 bridgehead atoms. The number of nitrogens with one attached hydrogen (secondary N) is 1. The van der Waals surface area contributed by atoms with Gasteiger partial charge >= 0.3 is 5.97 Å². The van der Waals surface area contributed by atoms with Gasteiger partial charge in [-0.3, -0.25) is 4.79 Å². The van der Waals surface area contributed by atoms with Crippen LogP contribution in [0.3, 0.4) is 0 Å². The Labute approximate surface area is 152 Å². The van der Waals surface area contributed by atoms with Gasteiger partial charge in [0.1, 0.15) is 0 Å². The normalized spacial score (nSPS) is 13.4. The third kappa shape index (κ3) is 6.51. The number of pyridine rings is 1. The Balaban J connectivity index is 0.00000529. The maximum atomic E-state index is 12.3. The molecule has 0 spiro atoms. The van der Waals surface area contributed by atoms with Gasteiger partial charge in [0.05, 0.1) is 29.5 Å². The Morgan fingerprint density at radius 2 is 1.96 bits per heavy atom. The molecule has 136 valence electrons. The second-order valence-electron chi connectivity index (χ2n) is 6.00. The number of carbonyl (C=O) groups is 2. The summed E-state index contributed by atoms with van der Waals surface area (Å²) in [5, 5.41) is 2.86. The fourth-order valence-corrected chi connectivity index (χ4v) is 2.14. The first kappa shape index (κ1) is 22.4. The maximum Gasteiger partial charge on any atom is 0.331 e. The summed E-state index contributed by atoms with van der Waals surface area (Å²) in [4.78, 5) is 28.2. The smallest absolute Gasteiger partial charge is 0.331 e. The molecule has 0 aliphatic carbocycles. The molecule has 0 aliphatic rings. The van der Waals surface area contributed by atoms with Crippen molar-refractivity contribution in [2.45, 2.75) is 45.4 Å². The van der Waals surface area contributed by atoms with Gasteiger partial charge in [0.2, 0.25) is 0 Å². The molecule has 7 nitrogen and oxygen atoms in total. The molecule has 1 amide bonds. The van der Waals surface area contributed by atoms with Crippen LogP contribution in [0.2, 0.25) is 5.02 Å². The third-order valence-electron chi connectivity index (χ3n) is 2.85. The van der Waals surface area contributed by atoms with E-state index in [1.54, 1.807) is 6.92 Å². The molecule has 1 unspecified atom stereocenters. The number of nitrogens with two attached hydrogens (primary N) is 1. The van der Waals surface area contributed by atoms with Gasteiger partial charge in [0.25, 0.3) is 5.91 Å². The number of methoxy groups -OCH3 is 1. The van der Waals surface area contributed by atoms with E-state index in [-0.39, 0.29) is 23.8 Å². The van der Waals surface area contributed by atoms with E-state index in [0.717, 1.165) is 0 Å². The predicted molar refractivity (Wildman–Crippen MR) is 94.5 cm³/mol. The van der Waals surface area contributed by atoms with Crippen molar-refractivity contribution in [1.82, 2.24) is 10.3 Å². The van der Waals surface area contributed by atoms with Gasteiger partial charge in [0.15, 0.2) is 11.7 Å². The lowest BCUT2D eigenvalue weighted by Gasteiger charge is -2.29. The van der Waals surface area contributed by atoms with Gasteiger partial charge in [-0.05, 0) is 33.8 Å². The van der Waals surface area contributed by atoms with Crippen molar-refractivity contribution in [2.75, 3.05) is 12.8 Å². The van der Waals surface area contributed by atoms with Crippen LogP contribution in [0.4, 0.5) is 5.69 Å². The Morgan fingerprint density at radius 3 is 2.42 bits per heavy atom. The van der Waals surface area contributed by atoms with Gasteiger partial charge in [0, 0.05) is 6.20 Å². The van der Waals surface area contributed by atoms with Crippen LogP contribution >= 0.6 is 24.0 Å². The van der Waals surface area contributed by atoms with Crippen LogP contribution in [0.5, 0.6) is 0 Å². The number of nitrogen functional groups attached to an aromatic ring is 1. The predicted octanol–water partition coefficient (Wildman–Crippen LogP) is 2.21. The van der Waals surface area contributed by atoms with Crippen molar-refractivity contribution in [3.05, 3.63) is 23.0 Å². The lowest BCUT2D eigenvalue weighted by Crippen LogP contribution is -2.51. The van der Waals surface area contributed by atoms with E-state index < -0.39 is 29.6 Å². The largest absolute Gasteiger partial charge is 0.467 e. The number of rotatable bonds is 5. The molecule has 1 aromatic heterocycles. The second-order valence-corrected chi connectivity index (χ2v) is 6.44. The molecular weight excluding hydrogens is 357 g/mol. The highest BCUT2D eigenvalue weighted by Gasteiger charge is 2.32. The van der Waals surface area contributed by atoms with Crippen molar-refractivity contribution in [1.29, 1.82) is 0 Å². The van der Waals surface area contributed by atoms with Crippen LogP contribution < -0.4 is 11.1 Å². The average molecular weight is 380 g/mol.